The number of rotatable bonds is 3. The summed E-state index contributed by atoms with van der Waals surface area (Å²) >= 11 is 6.17. The second-order valence-electron chi connectivity index (χ2n) is 3.06. The van der Waals surface area contributed by atoms with Crippen molar-refractivity contribution in [2.75, 3.05) is 0 Å². The summed E-state index contributed by atoms with van der Waals surface area (Å²) in [7, 11) is 0. The second-order valence-corrected chi connectivity index (χ2v) is 6.52. The zero-order chi connectivity index (χ0) is 11.7. The summed E-state index contributed by atoms with van der Waals surface area (Å²) in [5.41, 5.74) is 0.664. The van der Waals surface area contributed by atoms with Gasteiger partial charge in [0.1, 0.15) is 9.88 Å². The van der Waals surface area contributed by atoms with Crippen LogP contribution in [0.2, 0.25) is 0 Å². The van der Waals surface area contributed by atoms with Crippen LogP contribution >= 0.6 is 38.6 Å². The minimum absolute atomic E-state index is 0.349. The average molecular weight is 318 g/mol. The molecule has 0 aromatic carbocycles. The highest BCUT2D eigenvalue weighted by molar-refractivity contribution is 9.11. The van der Waals surface area contributed by atoms with Crippen molar-refractivity contribution in [2.45, 2.75) is 13.3 Å². The van der Waals surface area contributed by atoms with E-state index in [-0.39, 0.29) is 0 Å². The van der Waals surface area contributed by atoms with Crippen LogP contribution in [0.5, 0.6) is 0 Å². The molecule has 2 aromatic heterocycles. The highest BCUT2D eigenvalue weighted by Gasteiger charge is 2.17. The van der Waals surface area contributed by atoms with Gasteiger partial charge in [-0.3, -0.25) is 0 Å². The third-order valence-electron chi connectivity index (χ3n) is 2.01. The van der Waals surface area contributed by atoms with Gasteiger partial charge in [0.15, 0.2) is 0 Å². The minimum atomic E-state index is -0.892. The molecule has 0 amide bonds. The number of aryl methyl sites for hydroxylation is 1. The number of hydrogen-bond acceptors (Lipinski definition) is 4. The smallest absolute Gasteiger partial charge is 0.347 e. The van der Waals surface area contributed by atoms with Crippen LogP contribution < -0.4 is 0 Å². The van der Waals surface area contributed by atoms with Gasteiger partial charge in [-0.2, -0.15) is 0 Å². The van der Waals surface area contributed by atoms with E-state index < -0.39 is 5.97 Å². The van der Waals surface area contributed by atoms with Gasteiger partial charge >= 0.3 is 5.97 Å². The molecule has 16 heavy (non-hydrogen) atoms. The van der Waals surface area contributed by atoms with Gasteiger partial charge in [-0.1, -0.05) is 6.92 Å². The van der Waals surface area contributed by atoms with Crippen molar-refractivity contribution in [1.82, 2.24) is 4.98 Å². The van der Waals surface area contributed by atoms with Gasteiger partial charge in [-0.25, -0.2) is 9.78 Å². The lowest BCUT2D eigenvalue weighted by atomic mass is 10.3. The van der Waals surface area contributed by atoms with E-state index in [1.54, 1.807) is 11.3 Å². The molecule has 0 bridgehead atoms. The number of carboxylic acid groups (broad SMARTS) is 1. The molecule has 6 heteroatoms. The number of carbonyl (C=O) groups is 1. The van der Waals surface area contributed by atoms with Gasteiger partial charge in [0, 0.05) is 0 Å². The molecular formula is C10H8BrNO2S2. The number of carboxylic acids is 1. The maximum atomic E-state index is 11.0. The van der Waals surface area contributed by atoms with Crippen molar-refractivity contribution in [2.24, 2.45) is 0 Å². The molecule has 0 saturated heterocycles. The fourth-order valence-corrected chi connectivity index (χ4v) is 3.73. The van der Waals surface area contributed by atoms with Crippen LogP contribution in [0.4, 0.5) is 0 Å². The van der Waals surface area contributed by atoms with Crippen LogP contribution in [-0.2, 0) is 6.42 Å². The Morgan fingerprint density at radius 1 is 1.50 bits per heavy atom. The van der Waals surface area contributed by atoms with Crippen molar-refractivity contribution in [3.05, 3.63) is 26.5 Å². The van der Waals surface area contributed by atoms with Gasteiger partial charge in [-0.05, 0) is 34.5 Å². The third-order valence-corrected chi connectivity index (χ3v) is 4.89. The van der Waals surface area contributed by atoms with E-state index in [2.05, 4.69) is 20.9 Å². The van der Waals surface area contributed by atoms with E-state index in [4.69, 9.17) is 5.11 Å². The summed E-state index contributed by atoms with van der Waals surface area (Å²) < 4.78 is 1.02. The van der Waals surface area contributed by atoms with Crippen molar-refractivity contribution in [3.63, 3.8) is 0 Å². The van der Waals surface area contributed by atoms with E-state index >= 15 is 0 Å². The molecule has 0 saturated carbocycles. The van der Waals surface area contributed by atoms with Crippen LogP contribution in [0, 0.1) is 0 Å². The van der Waals surface area contributed by atoms with Crippen molar-refractivity contribution in [1.29, 1.82) is 0 Å². The van der Waals surface area contributed by atoms with Crippen LogP contribution in [0.25, 0.3) is 9.88 Å². The average Bonchev–Trinajstić information content (AvgIpc) is 2.82. The normalized spacial score (nSPS) is 10.6. The molecule has 1 N–H and O–H groups in total. The summed E-state index contributed by atoms with van der Waals surface area (Å²) in [5.74, 6) is -0.892. The fraction of sp³-hybridized carbons (Fsp3) is 0.200. The molecule has 2 heterocycles. The number of thiophene rings is 1. The lowest BCUT2D eigenvalue weighted by Gasteiger charge is -1.89. The van der Waals surface area contributed by atoms with Gasteiger partial charge in [-0.15, -0.1) is 22.7 Å². The van der Waals surface area contributed by atoms with E-state index in [1.807, 2.05) is 19.1 Å². The summed E-state index contributed by atoms with van der Waals surface area (Å²) in [6.45, 7) is 1.91. The summed E-state index contributed by atoms with van der Waals surface area (Å²) in [5, 5.41) is 9.81. The third kappa shape index (κ3) is 2.18. The predicted molar refractivity (Wildman–Crippen MR) is 69.5 cm³/mol. The van der Waals surface area contributed by atoms with Crippen LogP contribution in [-0.4, -0.2) is 16.1 Å². The summed E-state index contributed by atoms with van der Waals surface area (Å²) in [4.78, 5) is 16.7. The number of hydrogen-bond donors (Lipinski definition) is 1. The molecule has 0 aliphatic rings. The Balaban J connectivity index is 2.47. The Hall–Kier alpha value is -0.720. The van der Waals surface area contributed by atoms with Crippen LogP contribution in [0.3, 0.4) is 0 Å². The van der Waals surface area contributed by atoms with Gasteiger partial charge < -0.3 is 5.11 Å². The van der Waals surface area contributed by atoms with Gasteiger partial charge in [0.05, 0.1) is 14.4 Å². The Bertz CT molecular complexity index is 533. The molecule has 0 atom stereocenters. The standard InChI is InChI=1S/C10H8BrNO2S2/c1-2-5-8(10(13)14)16-9(12-5)6-3-4-7(11)15-6/h3-4H,2H2,1H3,(H,13,14). The molecule has 0 aliphatic carbocycles. The maximum absolute atomic E-state index is 11.0. The monoisotopic (exact) mass is 317 g/mol. The molecular weight excluding hydrogens is 310 g/mol. The van der Waals surface area contributed by atoms with Crippen molar-refractivity contribution in [3.8, 4) is 9.88 Å². The van der Waals surface area contributed by atoms with Gasteiger partial charge in [0.25, 0.3) is 0 Å². The maximum Gasteiger partial charge on any atom is 0.347 e. The molecule has 2 rings (SSSR count). The van der Waals surface area contributed by atoms with Gasteiger partial charge in [0.2, 0.25) is 0 Å². The van der Waals surface area contributed by atoms with E-state index in [0.29, 0.717) is 17.0 Å². The first kappa shape index (κ1) is 11.8. The highest BCUT2D eigenvalue weighted by atomic mass is 79.9. The van der Waals surface area contributed by atoms with Crippen LogP contribution in [0.1, 0.15) is 22.3 Å². The first-order valence-corrected chi connectivity index (χ1v) is 7.03. The fourth-order valence-electron chi connectivity index (χ4n) is 1.29. The second kappa shape index (κ2) is 4.65. The summed E-state index contributed by atoms with van der Waals surface area (Å²) in [6.07, 6.45) is 0.644. The van der Waals surface area contributed by atoms with Crippen molar-refractivity contribution < 1.29 is 9.90 Å². The SMILES string of the molecule is CCc1nc(-c2ccc(Br)s2)sc1C(=O)O. The van der Waals surface area contributed by atoms with E-state index in [0.717, 1.165) is 13.7 Å². The van der Waals surface area contributed by atoms with Crippen molar-refractivity contribution >= 4 is 44.6 Å². The lowest BCUT2D eigenvalue weighted by molar-refractivity contribution is 0.0701. The van der Waals surface area contributed by atoms with E-state index in [1.165, 1.54) is 11.3 Å². The minimum Gasteiger partial charge on any atom is -0.477 e. The first-order valence-electron chi connectivity index (χ1n) is 4.60. The molecule has 3 nitrogen and oxygen atoms in total. The Kier molecular flexibility index (Phi) is 3.41. The highest BCUT2D eigenvalue weighted by Crippen LogP contribution is 2.35. The Morgan fingerprint density at radius 2 is 2.25 bits per heavy atom. The zero-order valence-corrected chi connectivity index (χ0v) is 11.6. The summed E-state index contributed by atoms with van der Waals surface area (Å²) in [6, 6.07) is 3.88. The zero-order valence-electron chi connectivity index (χ0n) is 8.36. The number of thiazole rings is 1. The largest absolute Gasteiger partial charge is 0.477 e. The number of halogens is 1. The molecule has 0 aliphatic heterocycles. The van der Waals surface area contributed by atoms with Crippen LogP contribution in [0.15, 0.2) is 15.9 Å². The number of aromatic carboxylic acids is 1. The molecule has 0 unspecified atom stereocenters. The quantitative estimate of drug-likeness (QED) is 0.934. The Labute approximate surface area is 109 Å². The lowest BCUT2D eigenvalue weighted by Crippen LogP contribution is -1.97. The molecule has 0 spiro atoms. The molecule has 84 valence electrons. The molecule has 2 aromatic rings. The number of aromatic nitrogens is 1. The topological polar surface area (TPSA) is 50.2 Å². The van der Waals surface area contributed by atoms with E-state index in [9.17, 15) is 4.79 Å². The number of nitrogens with zero attached hydrogens (tertiary/aromatic N) is 1. The molecule has 0 radical (unpaired) electrons. The predicted octanol–water partition coefficient (Wildman–Crippen LogP) is 3.89. The first-order chi connectivity index (χ1) is 7.61. The Morgan fingerprint density at radius 3 is 2.69 bits per heavy atom. The molecule has 0 fully saturated rings.